The molecular weight excluding hydrogens is 230 g/mol. The minimum atomic E-state index is 0.125. The van der Waals surface area contributed by atoms with Crippen LogP contribution in [0, 0.1) is 0 Å². The molecule has 0 spiro atoms. The van der Waals surface area contributed by atoms with Crippen LogP contribution in [0.1, 0.15) is 0 Å². The molecule has 3 rings (SSSR count). The first-order chi connectivity index (χ1) is 8.78. The summed E-state index contributed by atoms with van der Waals surface area (Å²) in [4.78, 5) is 8.30. The van der Waals surface area contributed by atoms with E-state index < -0.39 is 0 Å². The summed E-state index contributed by atoms with van der Waals surface area (Å²) < 4.78 is 10.6. The Kier molecular flexibility index (Phi) is 2.37. The zero-order valence-corrected chi connectivity index (χ0v) is 9.75. The molecule has 2 heterocycles. The van der Waals surface area contributed by atoms with Crippen molar-refractivity contribution < 1.29 is 9.15 Å². The highest BCUT2D eigenvalue weighted by molar-refractivity contribution is 5.85. The summed E-state index contributed by atoms with van der Waals surface area (Å²) in [5.74, 6) is 1.03. The highest BCUT2D eigenvalue weighted by Crippen LogP contribution is 2.32. The lowest BCUT2D eigenvalue weighted by atomic mass is 10.1. The second kappa shape index (κ2) is 4.03. The predicted octanol–water partition coefficient (Wildman–Crippen LogP) is 2.48. The van der Waals surface area contributed by atoms with Crippen LogP contribution in [0.3, 0.4) is 0 Å². The Labute approximate surface area is 103 Å². The molecule has 0 fully saturated rings. The van der Waals surface area contributed by atoms with Crippen LogP contribution in [0.5, 0.6) is 5.88 Å². The first kappa shape index (κ1) is 10.6. The van der Waals surface area contributed by atoms with Crippen molar-refractivity contribution in [2.24, 2.45) is 0 Å². The fourth-order valence-electron chi connectivity index (χ4n) is 1.84. The summed E-state index contributed by atoms with van der Waals surface area (Å²) in [7, 11) is 1.57. The Morgan fingerprint density at radius 1 is 1.28 bits per heavy atom. The normalized spacial score (nSPS) is 10.7. The number of nitrogens with two attached hydrogens (primary N) is 1. The fourth-order valence-corrected chi connectivity index (χ4v) is 1.84. The number of nitrogens with zero attached hydrogens (tertiary/aromatic N) is 2. The average molecular weight is 241 g/mol. The second-order valence-corrected chi connectivity index (χ2v) is 3.80. The number of methoxy groups -OCH3 is 1. The quantitative estimate of drug-likeness (QED) is 0.746. The van der Waals surface area contributed by atoms with Gasteiger partial charge in [-0.15, -0.1) is 0 Å². The SMILES string of the molecule is COc1nc2ccccc2cc1-c1cnc(N)o1. The van der Waals surface area contributed by atoms with Crippen molar-refractivity contribution in [3.05, 3.63) is 36.5 Å². The molecule has 3 aromatic rings. The van der Waals surface area contributed by atoms with Crippen LogP contribution in [-0.2, 0) is 0 Å². The van der Waals surface area contributed by atoms with Gasteiger partial charge in [-0.3, -0.25) is 0 Å². The minimum absolute atomic E-state index is 0.125. The number of ether oxygens (including phenoxy) is 1. The van der Waals surface area contributed by atoms with E-state index in [-0.39, 0.29) is 6.01 Å². The second-order valence-electron chi connectivity index (χ2n) is 3.80. The van der Waals surface area contributed by atoms with Gasteiger partial charge in [-0.05, 0) is 12.1 Å². The predicted molar refractivity (Wildman–Crippen MR) is 68.2 cm³/mol. The summed E-state index contributed by atoms with van der Waals surface area (Å²) in [5.41, 5.74) is 7.08. The topological polar surface area (TPSA) is 74.2 Å². The van der Waals surface area contributed by atoms with Crippen LogP contribution >= 0.6 is 0 Å². The molecule has 1 aromatic carbocycles. The minimum Gasteiger partial charge on any atom is -0.480 e. The molecule has 18 heavy (non-hydrogen) atoms. The van der Waals surface area contributed by atoms with E-state index in [1.54, 1.807) is 13.3 Å². The summed E-state index contributed by atoms with van der Waals surface area (Å²) >= 11 is 0. The number of anilines is 1. The standard InChI is InChI=1S/C13H11N3O2/c1-17-12-9(11-7-15-13(14)18-11)6-8-4-2-3-5-10(8)16-12/h2-7H,1H3,(H2,14,15). The van der Waals surface area contributed by atoms with Gasteiger partial charge in [0.2, 0.25) is 5.88 Å². The fraction of sp³-hybridized carbons (Fsp3) is 0.0769. The first-order valence-electron chi connectivity index (χ1n) is 5.43. The molecule has 0 aliphatic heterocycles. The van der Waals surface area contributed by atoms with E-state index in [4.69, 9.17) is 14.9 Å². The highest BCUT2D eigenvalue weighted by Gasteiger charge is 2.13. The number of rotatable bonds is 2. The van der Waals surface area contributed by atoms with E-state index in [1.807, 2.05) is 30.3 Å². The van der Waals surface area contributed by atoms with E-state index in [1.165, 1.54) is 0 Å². The van der Waals surface area contributed by atoms with Crippen molar-refractivity contribution in [2.75, 3.05) is 12.8 Å². The maximum Gasteiger partial charge on any atom is 0.292 e. The van der Waals surface area contributed by atoms with Crippen molar-refractivity contribution in [3.8, 4) is 17.2 Å². The molecule has 0 unspecified atom stereocenters. The van der Waals surface area contributed by atoms with Gasteiger partial charge in [0.15, 0.2) is 5.76 Å². The van der Waals surface area contributed by atoms with E-state index in [0.29, 0.717) is 11.6 Å². The lowest BCUT2D eigenvalue weighted by Gasteiger charge is -2.06. The molecule has 5 nitrogen and oxygen atoms in total. The average Bonchev–Trinajstić information content (AvgIpc) is 2.83. The smallest absolute Gasteiger partial charge is 0.292 e. The van der Waals surface area contributed by atoms with E-state index >= 15 is 0 Å². The Balaban J connectivity index is 2.26. The maximum absolute atomic E-state index is 5.48. The van der Waals surface area contributed by atoms with E-state index in [9.17, 15) is 0 Å². The van der Waals surface area contributed by atoms with Gasteiger partial charge in [0.1, 0.15) is 0 Å². The lowest BCUT2D eigenvalue weighted by Crippen LogP contribution is -1.92. The number of hydrogen-bond acceptors (Lipinski definition) is 5. The molecule has 0 atom stereocenters. The zero-order valence-electron chi connectivity index (χ0n) is 9.75. The summed E-state index contributed by atoms with van der Waals surface area (Å²) in [6.07, 6.45) is 1.56. The van der Waals surface area contributed by atoms with Crippen LogP contribution < -0.4 is 10.5 Å². The van der Waals surface area contributed by atoms with Crippen molar-refractivity contribution >= 4 is 16.9 Å². The van der Waals surface area contributed by atoms with Crippen molar-refractivity contribution in [1.82, 2.24) is 9.97 Å². The molecular formula is C13H11N3O2. The molecule has 0 bridgehead atoms. The first-order valence-corrected chi connectivity index (χ1v) is 5.43. The van der Waals surface area contributed by atoms with Crippen LogP contribution in [0.25, 0.3) is 22.2 Å². The molecule has 0 aliphatic rings. The molecule has 0 amide bonds. The number of pyridine rings is 1. The van der Waals surface area contributed by atoms with Gasteiger partial charge >= 0.3 is 0 Å². The van der Waals surface area contributed by atoms with Crippen LogP contribution in [0.4, 0.5) is 6.01 Å². The number of para-hydroxylation sites is 1. The van der Waals surface area contributed by atoms with Gasteiger partial charge in [-0.2, -0.15) is 0 Å². The number of oxazole rings is 1. The van der Waals surface area contributed by atoms with E-state index in [0.717, 1.165) is 16.5 Å². The van der Waals surface area contributed by atoms with Crippen LogP contribution in [0.2, 0.25) is 0 Å². The van der Waals surface area contributed by atoms with Crippen LogP contribution in [-0.4, -0.2) is 17.1 Å². The number of hydrogen-bond donors (Lipinski definition) is 1. The summed E-state index contributed by atoms with van der Waals surface area (Å²) in [5, 5.41) is 1.00. The Hall–Kier alpha value is -2.56. The van der Waals surface area contributed by atoms with Crippen LogP contribution in [0.15, 0.2) is 40.9 Å². The maximum atomic E-state index is 5.48. The van der Waals surface area contributed by atoms with Crippen molar-refractivity contribution in [3.63, 3.8) is 0 Å². The Bertz CT molecular complexity index is 706. The third-order valence-corrected chi connectivity index (χ3v) is 2.67. The number of aromatic nitrogens is 2. The van der Waals surface area contributed by atoms with Gasteiger partial charge in [0, 0.05) is 5.39 Å². The number of nitrogen functional groups attached to an aromatic ring is 1. The summed E-state index contributed by atoms with van der Waals surface area (Å²) in [6, 6.07) is 9.86. The van der Waals surface area contributed by atoms with E-state index in [2.05, 4.69) is 9.97 Å². The summed E-state index contributed by atoms with van der Waals surface area (Å²) in [6.45, 7) is 0. The monoisotopic (exact) mass is 241 g/mol. The third-order valence-electron chi connectivity index (χ3n) is 2.67. The largest absolute Gasteiger partial charge is 0.480 e. The molecule has 0 radical (unpaired) electrons. The molecule has 2 aromatic heterocycles. The molecule has 0 saturated heterocycles. The zero-order chi connectivity index (χ0) is 12.5. The van der Waals surface area contributed by atoms with Gasteiger partial charge in [-0.1, -0.05) is 18.2 Å². The van der Waals surface area contributed by atoms with Gasteiger partial charge in [0.25, 0.3) is 6.01 Å². The highest BCUT2D eigenvalue weighted by atomic mass is 16.5. The van der Waals surface area contributed by atoms with Crippen molar-refractivity contribution in [1.29, 1.82) is 0 Å². The molecule has 0 saturated carbocycles. The van der Waals surface area contributed by atoms with Crippen molar-refractivity contribution in [2.45, 2.75) is 0 Å². The van der Waals surface area contributed by atoms with Gasteiger partial charge < -0.3 is 14.9 Å². The molecule has 0 aliphatic carbocycles. The third kappa shape index (κ3) is 1.66. The Morgan fingerprint density at radius 2 is 2.11 bits per heavy atom. The lowest BCUT2D eigenvalue weighted by molar-refractivity contribution is 0.400. The Morgan fingerprint density at radius 3 is 2.83 bits per heavy atom. The van der Waals surface area contributed by atoms with Gasteiger partial charge in [0.05, 0.1) is 24.4 Å². The number of fused-ring (bicyclic) bond motifs is 1. The molecule has 2 N–H and O–H groups in total. The molecule has 90 valence electrons. The number of benzene rings is 1. The van der Waals surface area contributed by atoms with Gasteiger partial charge in [-0.25, -0.2) is 9.97 Å². The molecule has 5 heteroatoms.